The van der Waals surface area contributed by atoms with Crippen LogP contribution in [-0.4, -0.2) is 29.0 Å². The molecule has 0 aliphatic heterocycles. The molecule has 0 aliphatic rings. The summed E-state index contributed by atoms with van der Waals surface area (Å²) >= 11 is 0. The molecule has 0 aliphatic carbocycles. The van der Waals surface area contributed by atoms with Crippen LogP contribution in [0.4, 0.5) is 5.82 Å². The van der Waals surface area contributed by atoms with E-state index in [9.17, 15) is 0 Å². The molecule has 2 atom stereocenters. The standard InChI is InChI=1S/C12H23N3O/c1-5-6-9-15-12(7-8-13-15)14-10(2)11(3)16-4/h7-8,10-11,14H,5-6,9H2,1-4H3. The Kier molecular flexibility index (Phi) is 5.32. The van der Waals surface area contributed by atoms with Gasteiger partial charge in [-0.1, -0.05) is 13.3 Å². The van der Waals surface area contributed by atoms with Crippen molar-refractivity contribution in [2.24, 2.45) is 0 Å². The minimum absolute atomic E-state index is 0.189. The Morgan fingerprint density at radius 2 is 2.25 bits per heavy atom. The molecule has 0 radical (unpaired) electrons. The second-order valence-corrected chi connectivity index (χ2v) is 4.17. The second kappa shape index (κ2) is 6.53. The number of nitrogens with one attached hydrogen (secondary N) is 1. The first kappa shape index (κ1) is 13.0. The van der Waals surface area contributed by atoms with Crippen molar-refractivity contribution in [3.63, 3.8) is 0 Å². The minimum Gasteiger partial charge on any atom is -0.380 e. The van der Waals surface area contributed by atoms with Gasteiger partial charge < -0.3 is 10.1 Å². The highest BCUT2D eigenvalue weighted by Gasteiger charge is 2.12. The molecule has 0 aromatic carbocycles. The van der Waals surface area contributed by atoms with Gasteiger partial charge in [0.2, 0.25) is 0 Å². The van der Waals surface area contributed by atoms with E-state index in [0.717, 1.165) is 18.8 Å². The Morgan fingerprint density at radius 1 is 1.50 bits per heavy atom. The predicted octanol–water partition coefficient (Wildman–Crippen LogP) is 2.52. The number of hydrogen-bond acceptors (Lipinski definition) is 3. The van der Waals surface area contributed by atoms with Crippen molar-refractivity contribution in [3.05, 3.63) is 12.3 Å². The van der Waals surface area contributed by atoms with Gasteiger partial charge in [0.05, 0.1) is 18.3 Å². The van der Waals surface area contributed by atoms with Gasteiger partial charge in [-0.3, -0.25) is 0 Å². The zero-order valence-corrected chi connectivity index (χ0v) is 10.7. The summed E-state index contributed by atoms with van der Waals surface area (Å²) in [4.78, 5) is 0. The summed E-state index contributed by atoms with van der Waals surface area (Å²) in [6.07, 6.45) is 4.37. The maximum absolute atomic E-state index is 5.29. The molecule has 1 aromatic rings. The molecule has 0 saturated carbocycles. The van der Waals surface area contributed by atoms with Crippen LogP contribution in [0.2, 0.25) is 0 Å². The molecule has 2 unspecified atom stereocenters. The molecule has 1 heterocycles. The average molecular weight is 225 g/mol. The zero-order chi connectivity index (χ0) is 12.0. The first-order valence-electron chi connectivity index (χ1n) is 6.00. The normalized spacial score (nSPS) is 14.8. The Balaban J connectivity index is 2.55. The van der Waals surface area contributed by atoms with Gasteiger partial charge in [0, 0.05) is 19.7 Å². The minimum atomic E-state index is 0.189. The molecular formula is C12H23N3O. The van der Waals surface area contributed by atoms with Crippen LogP contribution in [0.1, 0.15) is 33.6 Å². The van der Waals surface area contributed by atoms with Crippen molar-refractivity contribution in [2.75, 3.05) is 12.4 Å². The fourth-order valence-electron chi connectivity index (χ4n) is 1.50. The third kappa shape index (κ3) is 3.52. The number of aromatic nitrogens is 2. The summed E-state index contributed by atoms with van der Waals surface area (Å²) in [7, 11) is 1.73. The Bertz CT molecular complexity index is 298. The molecule has 1 aromatic heterocycles. The molecule has 1 rings (SSSR count). The van der Waals surface area contributed by atoms with Crippen LogP contribution in [0.15, 0.2) is 12.3 Å². The number of aryl methyl sites for hydroxylation is 1. The van der Waals surface area contributed by atoms with E-state index < -0.39 is 0 Å². The quantitative estimate of drug-likeness (QED) is 0.775. The lowest BCUT2D eigenvalue weighted by Crippen LogP contribution is -2.30. The summed E-state index contributed by atoms with van der Waals surface area (Å²) in [6, 6.07) is 2.29. The summed E-state index contributed by atoms with van der Waals surface area (Å²) in [6.45, 7) is 7.34. The third-order valence-corrected chi connectivity index (χ3v) is 2.89. The van der Waals surface area contributed by atoms with Crippen LogP contribution < -0.4 is 5.32 Å². The van der Waals surface area contributed by atoms with E-state index in [1.54, 1.807) is 7.11 Å². The molecule has 0 saturated heterocycles. The number of anilines is 1. The highest BCUT2D eigenvalue weighted by Crippen LogP contribution is 2.11. The first-order valence-corrected chi connectivity index (χ1v) is 6.00. The van der Waals surface area contributed by atoms with E-state index in [1.165, 1.54) is 6.42 Å². The van der Waals surface area contributed by atoms with E-state index in [0.29, 0.717) is 0 Å². The molecule has 0 fully saturated rings. The van der Waals surface area contributed by atoms with E-state index in [1.807, 2.05) is 16.9 Å². The molecule has 92 valence electrons. The molecule has 16 heavy (non-hydrogen) atoms. The van der Waals surface area contributed by atoms with Crippen molar-refractivity contribution in [3.8, 4) is 0 Å². The lowest BCUT2D eigenvalue weighted by molar-refractivity contribution is 0.106. The van der Waals surface area contributed by atoms with Gasteiger partial charge in [0.15, 0.2) is 0 Å². The summed E-state index contributed by atoms with van der Waals surface area (Å²) in [5.74, 6) is 1.07. The Morgan fingerprint density at radius 3 is 2.88 bits per heavy atom. The van der Waals surface area contributed by atoms with Crippen LogP contribution in [0, 0.1) is 0 Å². The van der Waals surface area contributed by atoms with Gasteiger partial charge in [0.25, 0.3) is 0 Å². The molecular weight excluding hydrogens is 202 g/mol. The van der Waals surface area contributed by atoms with E-state index in [2.05, 4.69) is 31.2 Å². The molecule has 4 nitrogen and oxygen atoms in total. The second-order valence-electron chi connectivity index (χ2n) is 4.17. The van der Waals surface area contributed by atoms with Crippen molar-refractivity contribution >= 4 is 5.82 Å². The maximum atomic E-state index is 5.29. The van der Waals surface area contributed by atoms with Crippen LogP contribution in [-0.2, 0) is 11.3 Å². The molecule has 0 amide bonds. The van der Waals surface area contributed by atoms with Crippen LogP contribution in [0.25, 0.3) is 0 Å². The zero-order valence-electron chi connectivity index (χ0n) is 10.7. The third-order valence-electron chi connectivity index (χ3n) is 2.89. The van der Waals surface area contributed by atoms with Crippen molar-refractivity contribution in [2.45, 2.75) is 52.3 Å². The fraction of sp³-hybridized carbons (Fsp3) is 0.750. The molecule has 0 spiro atoms. The van der Waals surface area contributed by atoms with Crippen molar-refractivity contribution < 1.29 is 4.74 Å². The smallest absolute Gasteiger partial charge is 0.124 e. The number of ether oxygens (including phenoxy) is 1. The van der Waals surface area contributed by atoms with Crippen LogP contribution >= 0.6 is 0 Å². The van der Waals surface area contributed by atoms with Gasteiger partial charge in [-0.05, 0) is 20.3 Å². The Hall–Kier alpha value is -1.03. The topological polar surface area (TPSA) is 39.1 Å². The van der Waals surface area contributed by atoms with E-state index >= 15 is 0 Å². The van der Waals surface area contributed by atoms with Gasteiger partial charge in [-0.2, -0.15) is 5.10 Å². The number of methoxy groups -OCH3 is 1. The summed E-state index contributed by atoms with van der Waals surface area (Å²) < 4.78 is 7.31. The lowest BCUT2D eigenvalue weighted by Gasteiger charge is -2.21. The van der Waals surface area contributed by atoms with Crippen LogP contribution in [0.3, 0.4) is 0 Å². The number of unbranched alkanes of at least 4 members (excludes halogenated alkanes) is 1. The SMILES string of the molecule is CCCCn1nccc1NC(C)C(C)OC. The number of hydrogen-bond donors (Lipinski definition) is 1. The van der Waals surface area contributed by atoms with Crippen LogP contribution in [0.5, 0.6) is 0 Å². The average Bonchev–Trinajstić information content (AvgIpc) is 2.72. The monoisotopic (exact) mass is 225 g/mol. The summed E-state index contributed by atoms with van der Waals surface area (Å²) in [5, 5.41) is 7.73. The predicted molar refractivity (Wildman–Crippen MR) is 66.7 cm³/mol. The molecule has 1 N–H and O–H groups in total. The van der Waals surface area contributed by atoms with E-state index in [-0.39, 0.29) is 12.1 Å². The van der Waals surface area contributed by atoms with Crippen molar-refractivity contribution in [1.29, 1.82) is 0 Å². The highest BCUT2D eigenvalue weighted by atomic mass is 16.5. The van der Waals surface area contributed by atoms with Gasteiger partial charge in [-0.25, -0.2) is 4.68 Å². The lowest BCUT2D eigenvalue weighted by atomic mass is 10.2. The largest absolute Gasteiger partial charge is 0.380 e. The molecule has 0 bridgehead atoms. The van der Waals surface area contributed by atoms with Gasteiger partial charge in [0.1, 0.15) is 5.82 Å². The van der Waals surface area contributed by atoms with E-state index in [4.69, 9.17) is 4.74 Å². The summed E-state index contributed by atoms with van der Waals surface area (Å²) in [5.41, 5.74) is 0. The first-order chi connectivity index (χ1) is 7.69. The number of nitrogens with zero attached hydrogens (tertiary/aromatic N) is 2. The Labute approximate surface area is 98.0 Å². The number of rotatable bonds is 7. The van der Waals surface area contributed by atoms with Gasteiger partial charge >= 0.3 is 0 Å². The maximum Gasteiger partial charge on any atom is 0.124 e. The molecule has 4 heteroatoms. The van der Waals surface area contributed by atoms with Crippen molar-refractivity contribution in [1.82, 2.24) is 9.78 Å². The fourth-order valence-corrected chi connectivity index (χ4v) is 1.50. The van der Waals surface area contributed by atoms with Gasteiger partial charge in [-0.15, -0.1) is 0 Å². The highest BCUT2D eigenvalue weighted by molar-refractivity contribution is 5.35.